The number of rotatable bonds is 10. The topological polar surface area (TPSA) is 87.5 Å². The van der Waals surface area contributed by atoms with Gasteiger partial charge in [-0.25, -0.2) is 14.6 Å². The Balaban J connectivity index is 1.52. The van der Waals surface area contributed by atoms with Crippen molar-refractivity contribution in [2.75, 3.05) is 31.7 Å². The van der Waals surface area contributed by atoms with Gasteiger partial charge in [-0.05, 0) is 56.7 Å². The van der Waals surface area contributed by atoms with E-state index in [2.05, 4.69) is 77.7 Å². The molecule has 3 aromatic heterocycles. The van der Waals surface area contributed by atoms with Crippen LogP contribution in [-0.4, -0.2) is 61.2 Å². The molecule has 4 rings (SSSR count). The Morgan fingerprint density at radius 1 is 1.12 bits per heavy atom. The number of aromatic nitrogens is 6. The highest BCUT2D eigenvalue weighted by molar-refractivity contribution is 7.99. The first kappa shape index (κ1) is 22.3. The van der Waals surface area contributed by atoms with Crippen molar-refractivity contribution in [2.24, 2.45) is 0 Å². The van der Waals surface area contributed by atoms with Crippen molar-refractivity contribution in [1.29, 1.82) is 0 Å². The molecule has 32 heavy (non-hydrogen) atoms. The van der Waals surface area contributed by atoms with Crippen LogP contribution < -0.4 is 5.32 Å². The zero-order chi connectivity index (χ0) is 22.5. The first-order valence-corrected chi connectivity index (χ1v) is 11.9. The van der Waals surface area contributed by atoms with Gasteiger partial charge in [0.05, 0.1) is 11.4 Å². The Kier molecular flexibility index (Phi) is 7.06. The van der Waals surface area contributed by atoms with Crippen LogP contribution in [0.15, 0.2) is 47.9 Å². The molecule has 0 atom stereocenters. The molecule has 0 spiro atoms. The van der Waals surface area contributed by atoms with E-state index in [1.165, 1.54) is 0 Å². The molecule has 1 aromatic carbocycles. The lowest BCUT2D eigenvalue weighted by molar-refractivity contribution is 0.410. The monoisotopic (exact) mass is 450 g/mol. The molecule has 0 aliphatic carbocycles. The van der Waals surface area contributed by atoms with Gasteiger partial charge in [-0.2, -0.15) is 10.2 Å². The summed E-state index contributed by atoms with van der Waals surface area (Å²) in [5.74, 6) is 2.06. The molecule has 4 aromatic rings. The van der Waals surface area contributed by atoms with Gasteiger partial charge in [0.15, 0.2) is 16.5 Å². The average molecular weight is 451 g/mol. The van der Waals surface area contributed by atoms with Gasteiger partial charge in [0.25, 0.3) is 0 Å². The molecule has 8 nitrogen and oxygen atoms in total. The van der Waals surface area contributed by atoms with Gasteiger partial charge in [-0.15, -0.1) is 0 Å². The summed E-state index contributed by atoms with van der Waals surface area (Å²) in [6.45, 7) is 6.00. The number of hydrogen-bond donors (Lipinski definition) is 2. The van der Waals surface area contributed by atoms with Gasteiger partial charge in [-0.3, -0.25) is 5.10 Å². The van der Waals surface area contributed by atoms with Gasteiger partial charge in [0.2, 0.25) is 0 Å². The normalized spacial score (nSPS) is 11.7. The lowest BCUT2D eigenvalue weighted by atomic mass is 10.1. The third-order valence-electron chi connectivity index (χ3n) is 5.13. The second-order valence-electron chi connectivity index (χ2n) is 8.32. The number of fused-ring (bicyclic) bond motifs is 1. The highest BCUT2D eigenvalue weighted by Gasteiger charge is 2.17. The van der Waals surface area contributed by atoms with Crippen LogP contribution in [0.25, 0.3) is 16.7 Å². The number of nitrogens with one attached hydrogen (secondary N) is 2. The number of thioether (sulfide) groups is 1. The molecular formula is C23H30N8S. The maximum Gasteiger partial charge on any atom is 0.190 e. The van der Waals surface area contributed by atoms with Crippen molar-refractivity contribution in [2.45, 2.75) is 37.9 Å². The number of benzene rings is 1. The van der Waals surface area contributed by atoms with Crippen molar-refractivity contribution in [1.82, 2.24) is 34.8 Å². The summed E-state index contributed by atoms with van der Waals surface area (Å²) in [6, 6.07) is 10.3. The molecule has 0 aliphatic rings. The van der Waals surface area contributed by atoms with Crippen LogP contribution in [0.5, 0.6) is 0 Å². The Morgan fingerprint density at radius 3 is 2.62 bits per heavy atom. The predicted molar refractivity (Wildman–Crippen MR) is 131 cm³/mol. The molecule has 168 valence electrons. The van der Waals surface area contributed by atoms with Crippen LogP contribution in [0.3, 0.4) is 0 Å². The van der Waals surface area contributed by atoms with Gasteiger partial charge in [0.1, 0.15) is 5.52 Å². The van der Waals surface area contributed by atoms with E-state index in [1.807, 2.05) is 16.9 Å². The maximum atomic E-state index is 4.82. The molecule has 0 aliphatic heterocycles. The van der Waals surface area contributed by atoms with Crippen molar-refractivity contribution in [3.8, 4) is 5.69 Å². The SMILES string of the molecule is CC(C)c1[nH]nc2c(NCc3ccc(-n4cccn4)cc3)nc(SCCCN(C)C)nc12. The Labute approximate surface area is 192 Å². The summed E-state index contributed by atoms with van der Waals surface area (Å²) >= 11 is 1.70. The van der Waals surface area contributed by atoms with Crippen molar-refractivity contribution >= 4 is 28.6 Å². The van der Waals surface area contributed by atoms with Crippen LogP contribution in [0.4, 0.5) is 5.82 Å². The van der Waals surface area contributed by atoms with E-state index in [1.54, 1.807) is 18.0 Å². The molecule has 3 heterocycles. The third kappa shape index (κ3) is 5.28. The van der Waals surface area contributed by atoms with Gasteiger partial charge in [-0.1, -0.05) is 37.7 Å². The van der Waals surface area contributed by atoms with E-state index >= 15 is 0 Å². The quantitative estimate of drug-likeness (QED) is 0.211. The summed E-state index contributed by atoms with van der Waals surface area (Å²) in [6.07, 6.45) is 4.81. The first-order chi connectivity index (χ1) is 15.5. The fourth-order valence-corrected chi connectivity index (χ4v) is 4.17. The summed E-state index contributed by atoms with van der Waals surface area (Å²) < 4.78 is 1.85. The molecule has 0 saturated heterocycles. The van der Waals surface area contributed by atoms with Gasteiger partial charge < -0.3 is 10.2 Å². The van der Waals surface area contributed by atoms with E-state index < -0.39 is 0 Å². The minimum absolute atomic E-state index is 0.309. The van der Waals surface area contributed by atoms with Gasteiger partial charge in [0, 0.05) is 24.7 Å². The predicted octanol–water partition coefficient (Wildman–Crippen LogP) is 4.32. The van der Waals surface area contributed by atoms with Crippen LogP contribution >= 0.6 is 11.8 Å². The third-order valence-corrected chi connectivity index (χ3v) is 6.06. The fraction of sp³-hybridized carbons (Fsp3) is 0.391. The van der Waals surface area contributed by atoms with E-state index in [0.29, 0.717) is 12.5 Å². The van der Waals surface area contributed by atoms with E-state index in [-0.39, 0.29) is 0 Å². The second kappa shape index (κ2) is 10.1. The van der Waals surface area contributed by atoms with Crippen LogP contribution in [-0.2, 0) is 6.54 Å². The lowest BCUT2D eigenvalue weighted by Gasteiger charge is -2.11. The number of H-pyrrole nitrogens is 1. The number of nitrogens with zero attached hydrogens (tertiary/aromatic N) is 6. The summed E-state index contributed by atoms with van der Waals surface area (Å²) in [4.78, 5) is 11.8. The molecule has 0 bridgehead atoms. The minimum atomic E-state index is 0.309. The zero-order valence-corrected chi connectivity index (χ0v) is 19.9. The maximum absolute atomic E-state index is 4.82. The van der Waals surface area contributed by atoms with E-state index in [0.717, 1.165) is 57.7 Å². The zero-order valence-electron chi connectivity index (χ0n) is 19.0. The molecular weight excluding hydrogens is 420 g/mol. The van der Waals surface area contributed by atoms with Crippen LogP contribution in [0.1, 0.15) is 37.4 Å². The van der Waals surface area contributed by atoms with E-state index in [4.69, 9.17) is 9.97 Å². The fourth-order valence-electron chi connectivity index (χ4n) is 3.41. The summed E-state index contributed by atoms with van der Waals surface area (Å²) in [5.41, 5.74) is 4.94. The highest BCUT2D eigenvalue weighted by Crippen LogP contribution is 2.28. The second-order valence-corrected chi connectivity index (χ2v) is 9.38. The largest absolute Gasteiger partial charge is 0.364 e. The Hall–Kier alpha value is -2.91. The molecule has 0 amide bonds. The summed E-state index contributed by atoms with van der Waals surface area (Å²) in [5, 5.41) is 16.2. The van der Waals surface area contributed by atoms with Crippen molar-refractivity contribution in [3.63, 3.8) is 0 Å². The smallest absolute Gasteiger partial charge is 0.190 e. The lowest BCUT2D eigenvalue weighted by Crippen LogP contribution is -2.13. The minimum Gasteiger partial charge on any atom is -0.364 e. The number of aromatic amines is 1. The number of hydrogen-bond acceptors (Lipinski definition) is 7. The van der Waals surface area contributed by atoms with Crippen molar-refractivity contribution in [3.05, 3.63) is 54.0 Å². The van der Waals surface area contributed by atoms with Gasteiger partial charge >= 0.3 is 0 Å². The summed E-state index contributed by atoms with van der Waals surface area (Å²) in [7, 11) is 4.19. The van der Waals surface area contributed by atoms with E-state index in [9.17, 15) is 0 Å². The average Bonchev–Trinajstić information content (AvgIpc) is 3.45. The van der Waals surface area contributed by atoms with Crippen molar-refractivity contribution < 1.29 is 0 Å². The Bertz CT molecular complexity index is 1130. The standard InChI is InChI=1S/C23H30N8S/c1-16(2)19-20-21(29-28-19)22(27-23(26-20)32-14-6-12-30(3)4)24-15-17-7-9-18(10-8-17)31-13-5-11-25-31/h5,7-11,13,16H,6,12,14-15H2,1-4H3,(H,28,29)(H,24,26,27). The molecule has 0 fully saturated rings. The Morgan fingerprint density at radius 2 is 1.94 bits per heavy atom. The molecule has 9 heteroatoms. The highest BCUT2D eigenvalue weighted by atomic mass is 32.2. The molecule has 0 unspecified atom stereocenters. The molecule has 0 radical (unpaired) electrons. The van der Waals surface area contributed by atoms with Crippen LogP contribution in [0.2, 0.25) is 0 Å². The molecule has 2 N–H and O–H groups in total. The first-order valence-electron chi connectivity index (χ1n) is 10.9. The molecule has 0 saturated carbocycles. The number of anilines is 1. The van der Waals surface area contributed by atoms with Crippen LogP contribution in [0, 0.1) is 0 Å².